The molecule has 0 fully saturated rings. The number of carbonyl (C=O) groups excluding carboxylic acids is 2. The van der Waals surface area contributed by atoms with Crippen LogP contribution >= 0.6 is 15.9 Å². The van der Waals surface area contributed by atoms with Crippen LogP contribution in [0.1, 0.15) is 38.9 Å². The van der Waals surface area contributed by atoms with Crippen molar-refractivity contribution in [3.63, 3.8) is 0 Å². The third-order valence-corrected chi connectivity index (χ3v) is 4.58. The Labute approximate surface area is 160 Å². The van der Waals surface area contributed by atoms with E-state index < -0.39 is 5.97 Å². The molecule has 3 aromatic rings. The van der Waals surface area contributed by atoms with E-state index in [2.05, 4.69) is 20.9 Å². The molecule has 0 bridgehead atoms. The maximum Gasteiger partial charge on any atom is 0.340 e. The van der Waals surface area contributed by atoms with Crippen LogP contribution in [0.4, 0.5) is 0 Å². The highest BCUT2D eigenvalue weighted by molar-refractivity contribution is 9.10. The molecule has 5 heteroatoms. The van der Waals surface area contributed by atoms with Crippen molar-refractivity contribution in [2.45, 2.75) is 13.8 Å². The van der Waals surface area contributed by atoms with Crippen LogP contribution in [0.2, 0.25) is 0 Å². The topological polar surface area (TPSA) is 59.2 Å². The monoisotopic (exact) mass is 411 g/mol. The van der Waals surface area contributed by atoms with Crippen LogP contribution in [0, 0.1) is 6.92 Å². The zero-order valence-electron chi connectivity index (χ0n) is 14.5. The first-order valence-corrected chi connectivity index (χ1v) is 9.06. The molecule has 0 saturated heterocycles. The Morgan fingerprint density at radius 2 is 1.69 bits per heavy atom. The van der Waals surface area contributed by atoms with Crippen molar-refractivity contribution in [3.8, 4) is 11.1 Å². The van der Waals surface area contributed by atoms with E-state index in [0.29, 0.717) is 22.4 Å². The molecule has 3 rings (SSSR count). The van der Waals surface area contributed by atoms with E-state index in [0.717, 1.165) is 15.6 Å². The lowest BCUT2D eigenvalue weighted by atomic mass is 9.97. The van der Waals surface area contributed by atoms with E-state index >= 15 is 0 Å². The summed E-state index contributed by atoms with van der Waals surface area (Å²) in [6.45, 7) is 3.99. The quantitative estimate of drug-likeness (QED) is 0.465. The summed E-state index contributed by atoms with van der Waals surface area (Å²) in [6, 6.07) is 14.8. The number of aryl methyl sites for hydroxylation is 1. The molecule has 0 spiro atoms. The lowest BCUT2D eigenvalue weighted by molar-refractivity contribution is 0.0527. The Balaban J connectivity index is 2.13. The van der Waals surface area contributed by atoms with Crippen molar-refractivity contribution in [2.24, 2.45) is 0 Å². The number of ketones is 1. The van der Waals surface area contributed by atoms with Crippen molar-refractivity contribution >= 4 is 27.7 Å². The van der Waals surface area contributed by atoms with Gasteiger partial charge in [-0.05, 0) is 31.5 Å². The molecule has 0 unspecified atom stereocenters. The molecule has 2 aromatic carbocycles. The number of halogens is 1. The summed E-state index contributed by atoms with van der Waals surface area (Å²) in [4.78, 5) is 28.4. The molecule has 132 valence electrons. The number of nitrogens with one attached hydrogen (secondary N) is 1. The molecule has 1 heterocycles. The van der Waals surface area contributed by atoms with Gasteiger partial charge in [-0.2, -0.15) is 0 Å². The fraction of sp³-hybridized carbons (Fsp3) is 0.143. The van der Waals surface area contributed by atoms with Gasteiger partial charge >= 0.3 is 5.97 Å². The Bertz CT molecular complexity index is 940. The Kier molecular flexibility index (Phi) is 5.38. The predicted octanol–water partition coefficient (Wildman–Crippen LogP) is 5.16. The maximum absolute atomic E-state index is 13.0. The molecule has 26 heavy (non-hydrogen) atoms. The van der Waals surface area contributed by atoms with Gasteiger partial charge in [-0.15, -0.1) is 0 Å². The Morgan fingerprint density at radius 1 is 1.04 bits per heavy atom. The molecular weight excluding hydrogens is 394 g/mol. The van der Waals surface area contributed by atoms with Gasteiger partial charge in [0, 0.05) is 21.8 Å². The minimum Gasteiger partial charge on any atom is -0.462 e. The molecule has 1 aromatic heterocycles. The fourth-order valence-corrected chi connectivity index (χ4v) is 3.00. The number of aromatic nitrogens is 1. The summed E-state index contributed by atoms with van der Waals surface area (Å²) in [5.41, 5.74) is 3.69. The summed E-state index contributed by atoms with van der Waals surface area (Å²) < 4.78 is 6.07. The number of hydrogen-bond acceptors (Lipinski definition) is 3. The van der Waals surface area contributed by atoms with Crippen LogP contribution in [0.15, 0.2) is 59.2 Å². The van der Waals surface area contributed by atoms with E-state index in [1.165, 1.54) is 6.20 Å². The van der Waals surface area contributed by atoms with E-state index in [1.54, 1.807) is 19.1 Å². The molecule has 0 saturated carbocycles. The number of aromatic amines is 1. The van der Waals surface area contributed by atoms with Gasteiger partial charge < -0.3 is 9.72 Å². The normalized spacial score (nSPS) is 10.6. The molecule has 0 atom stereocenters. The second kappa shape index (κ2) is 7.70. The molecule has 0 radical (unpaired) electrons. The zero-order valence-corrected chi connectivity index (χ0v) is 16.1. The third kappa shape index (κ3) is 3.63. The number of hydrogen-bond donors (Lipinski definition) is 1. The van der Waals surface area contributed by atoms with Crippen LogP contribution in [-0.2, 0) is 4.74 Å². The highest BCUT2D eigenvalue weighted by atomic mass is 79.9. The van der Waals surface area contributed by atoms with Crippen molar-refractivity contribution < 1.29 is 14.3 Å². The van der Waals surface area contributed by atoms with Gasteiger partial charge in [-0.25, -0.2) is 4.79 Å². The molecule has 0 aliphatic rings. The van der Waals surface area contributed by atoms with Crippen molar-refractivity contribution in [3.05, 3.63) is 81.6 Å². The average molecular weight is 412 g/mol. The van der Waals surface area contributed by atoms with Gasteiger partial charge in [0.05, 0.1) is 17.9 Å². The second-order valence-electron chi connectivity index (χ2n) is 5.87. The van der Waals surface area contributed by atoms with E-state index in [1.807, 2.05) is 43.3 Å². The van der Waals surface area contributed by atoms with Crippen LogP contribution in [0.25, 0.3) is 11.1 Å². The average Bonchev–Trinajstić information content (AvgIpc) is 3.08. The van der Waals surface area contributed by atoms with Crippen LogP contribution in [0.3, 0.4) is 0 Å². The van der Waals surface area contributed by atoms with Crippen LogP contribution < -0.4 is 0 Å². The summed E-state index contributed by atoms with van der Waals surface area (Å²) in [6.07, 6.45) is 1.54. The lowest BCUT2D eigenvalue weighted by Gasteiger charge is -2.08. The third-order valence-electron chi connectivity index (χ3n) is 4.05. The first-order valence-electron chi connectivity index (χ1n) is 8.27. The van der Waals surface area contributed by atoms with Crippen molar-refractivity contribution in [2.75, 3.05) is 6.61 Å². The number of carbonyl (C=O) groups is 2. The van der Waals surface area contributed by atoms with E-state index in [9.17, 15) is 9.59 Å². The van der Waals surface area contributed by atoms with Gasteiger partial charge in [0.15, 0.2) is 0 Å². The SMILES string of the molecule is CCOC(=O)c1c[nH]c(C(=O)c2ccc(C)cc2)c1-c1ccc(Br)cc1. The van der Waals surface area contributed by atoms with E-state index in [4.69, 9.17) is 4.74 Å². The summed E-state index contributed by atoms with van der Waals surface area (Å²) in [5, 5.41) is 0. The highest BCUT2D eigenvalue weighted by Gasteiger charge is 2.24. The highest BCUT2D eigenvalue weighted by Crippen LogP contribution is 2.31. The summed E-state index contributed by atoms with van der Waals surface area (Å²) in [7, 11) is 0. The molecule has 4 nitrogen and oxygen atoms in total. The zero-order chi connectivity index (χ0) is 18.7. The molecule has 0 aliphatic carbocycles. The molecule has 0 amide bonds. The number of esters is 1. The molecule has 1 N–H and O–H groups in total. The van der Waals surface area contributed by atoms with Gasteiger partial charge in [-0.3, -0.25) is 4.79 Å². The standard InChI is InChI=1S/C21H18BrNO3/c1-3-26-21(25)17-12-23-19(18(17)14-8-10-16(22)11-9-14)20(24)15-6-4-13(2)5-7-15/h4-12,23H,3H2,1-2H3. The predicted molar refractivity (Wildman–Crippen MR) is 104 cm³/mol. The minimum absolute atomic E-state index is 0.168. The first-order chi connectivity index (χ1) is 12.5. The summed E-state index contributed by atoms with van der Waals surface area (Å²) in [5.74, 6) is -0.622. The Morgan fingerprint density at radius 3 is 2.31 bits per heavy atom. The lowest BCUT2D eigenvalue weighted by Crippen LogP contribution is -2.07. The van der Waals surface area contributed by atoms with Crippen LogP contribution in [-0.4, -0.2) is 23.3 Å². The number of rotatable bonds is 5. The smallest absolute Gasteiger partial charge is 0.340 e. The van der Waals surface area contributed by atoms with Crippen LogP contribution in [0.5, 0.6) is 0 Å². The largest absolute Gasteiger partial charge is 0.462 e. The number of H-pyrrole nitrogens is 1. The summed E-state index contributed by atoms with van der Waals surface area (Å²) >= 11 is 3.41. The fourth-order valence-electron chi connectivity index (χ4n) is 2.74. The molecular formula is C21H18BrNO3. The molecule has 0 aliphatic heterocycles. The van der Waals surface area contributed by atoms with Crippen molar-refractivity contribution in [1.29, 1.82) is 0 Å². The number of ether oxygens (including phenoxy) is 1. The number of benzene rings is 2. The minimum atomic E-state index is -0.454. The second-order valence-corrected chi connectivity index (χ2v) is 6.79. The Hall–Kier alpha value is -2.66. The maximum atomic E-state index is 13.0. The van der Waals surface area contributed by atoms with Crippen molar-refractivity contribution in [1.82, 2.24) is 4.98 Å². The van der Waals surface area contributed by atoms with Gasteiger partial charge in [0.2, 0.25) is 5.78 Å². The van der Waals surface area contributed by atoms with E-state index in [-0.39, 0.29) is 12.4 Å². The van der Waals surface area contributed by atoms with Gasteiger partial charge in [0.1, 0.15) is 0 Å². The van der Waals surface area contributed by atoms with Gasteiger partial charge in [-0.1, -0.05) is 57.9 Å². The first kappa shape index (κ1) is 18.1. The van der Waals surface area contributed by atoms with Gasteiger partial charge in [0.25, 0.3) is 0 Å².